The van der Waals surface area contributed by atoms with Gasteiger partial charge in [0.05, 0.1) is 5.41 Å². The maximum absolute atomic E-state index is 14.0. The fourth-order valence-electron chi connectivity index (χ4n) is 3.29. The van der Waals surface area contributed by atoms with Crippen LogP contribution in [0.5, 0.6) is 5.75 Å². The molecule has 8 nitrogen and oxygen atoms in total. The van der Waals surface area contributed by atoms with Crippen molar-refractivity contribution < 1.29 is 28.6 Å². The SMILES string of the molecule is CCC(CC)(Cc1ccc(C(=O)Oc2ccc(C=N)cc2F)s1)C(=O)NCCCC(=O)O.CN. The largest absolute Gasteiger partial charge is 0.481 e. The minimum absolute atomic E-state index is 0.00733. The number of rotatable bonds is 12. The van der Waals surface area contributed by atoms with Crippen molar-refractivity contribution in [1.82, 2.24) is 5.32 Å². The molecule has 2 rings (SSSR count). The number of aliphatic carboxylic acids is 1. The lowest BCUT2D eigenvalue weighted by atomic mass is 9.77. The van der Waals surface area contributed by atoms with E-state index in [1.807, 2.05) is 13.8 Å². The van der Waals surface area contributed by atoms with Crippen LogP contribution < -0.4 is 15.8 Å². The molecule has 1 heterocycles. The number of hydrogen-bond donors (Lipinski definition) is 4. The Hall–Kier alpha value is -3.11. The Morgan fingerprint density at radius 3 is 2.44 bits per heavy atom. The van der Waals surface area contributed by atoms with Crippen LogP contribution in [0.15, 0.2) is 30.3 Å². The van der Waals surface area contributed by atoms with Crippen LogP contribution >= 0.6 is 11.3 Å². The number of carbonyl (C=O) groups excluding carboxylic acids is 2. The van der Waals surface area contributed by atoms with E-state index in [0.717, 1.165) is 17.2 Å². The number of nitrogens with two attached hydrogens (primary N) is 1. The lowest BCUT2D eigenvalue weighted by Gasteiger charge is -2.30. The molecule has 0 aliphatic carbocycles. The quantitative estimate of drug-likeness (QED) is 0.152. The van der Waals surface area contributed by atoms with Crippen LogP contribution in [0.1, 0.15) is 59.6 Å². The molecule has 5 N–H and O–H groups in total. The third-order valence-electron chi connectivity index (χ3n) is 5.39. The first-order valence-electron chi connectivity index (χ1n) is 10.9. The van der Waals surface area contributed by atoms with Gasteiger partial charge < -0.3 is 26.3 Å². The van der Waals surface area contributed by atoms with Crippen LogP contribution in [0.4, 0.5) is 4.39 Å². The molecule has 0 aliphatic heterocycles. The Morgan fingerprint density at radius 1 is 1.21 bits per heavy atom. The first-order valence-corrected chi connectivity index (χ1v) is 11.7. The molecule has 1 aromatic carbocycles. The van der Waals surface area contributed by atoms with Gasteiger partial charge in [-0.15, -0.1) is 11.3 Å². The number of esters is 1. The van der Waals surface area contributed by atoms with E-state index in [4.69, 9.17) is 15.3 Å². The molecular weight excluding hydrogens is 461 g/mol. The van der Waals surface area contributed by atoms with Gasteiger partial charge in [-0.1, -0.05) is 13.8 Å². The molecule has 10 heteroatoms. The molecule has 34 heavy (non-hydrogen) atoms. The van der Waals surface area contributed by atoms with Gasteiger partial charge in [0, 0.05) is 24.1 Å². The molecule has 0 spiro atoms. The highest BCUT2D eigenvalue weighted by Crippen LogP contribution is 2.34. The molecule has 2 aromatic rings. The van der Waals surface area contributed by atoms with Crippen molar-refractivity contribution in [3.05, 3.63) is 51.5 Å². The van der Waals surface area contributed by atoms with Gasteiger partial charge in [-0.3, -0.25) is 9.59 Å². The Balaban J connectivity index is 0.00000281. The molecular formula is C24H32FN3O5S. The van der Waals surface area contributed by atoms with Gasteiger partial charge in [-0.05, 0) is 68.6 Å². The Morgan fingerprint density at radius 2 is 1.88 bits per heavy atom. The first-order chi connectivity index (χ1) is 16.2. The number of carbonyl (C=O) groups is 3. The monoisotopic (exact) mass is 493 g/mol. The summed E-state index contributed by atoms with van der Waals surface area (Å²) in [4.78, 5) is 37.0. The van der Waals surface area contributed by atoms with E-state index in [1.165, 1.54) is 30.5 Å². The third-order valence-corrected chi connectivity index (χ3v) is 6.45. The van der Waals surface area contributed by atoms with Crippen molar-refractivity contribution >= 4 is 35.4 Å². The number of amides is 1. The maximum Gasteiger partial charge on any atom is 0.353 e. The van der Waals surface area contributed by atoms with Crippen LogP contribution in [0.3, 0.4) is 0 Å². The van der Waals surface area contributed by atoms with E-state index in [1.54, 1.807) is 12.1 Å². The zero-order valence-corrected chi connectivity index (χ0v) is 20.5. The highest BCUT2D eigenvalue weighted by Gasteiger charge is 2.35. The lowest BCUT2D eigenvalue weighted by Crippen LogP contribution is -2.42. The van der Waals surface area contributed by atoms with Crippen molar-refractivity contribution in [2.24, 2.45) is 11.1 Å². The van der Waals surface area contributed by atoms with E-state index in [-0.39, 0.29) is 24.6 Å². The molecule has 0 unspecified atom stereocenters. The summed E-state index contributed by atoms with van der Waals surface area (Å²) in [6.07, 6.45) is 2.93. The highest BCUT2D eigenvalue weighted by atomic mass is 32.1. The van der Waals surface area contributed by atoms with E-state index < -0.39 is 23.2 Å². The van der Waals surface area contributed by atoms with Gasteiger partial charge in [0.1, 0.15) is 4.88 Å². The summed E-state index contributed by atoms with van der Waals surface area (Å²) in [5, 5.41) is 18.7. The number of ether oxygens (including phenoxy) is 1. The molecule has 0 saturated heterocycles. The van der Waals surface area contributed by atoms with Gasteiger partial charge in [0.15, 0.2) is 11.6 Å². The van der Waals surface area contributed by atoms with Crippen molar-refractivity contribution in [1.29, 1.82) is 5.41 Å². The van der Waals surface area contributed by atoms with E-state index in [0.29, 0.717) is 36.1 Å². The van der Waals surface area contributed by atoms with Gasteiger partial charge in [0.2, 0.25) is 5.91 Å². The van der Waals surface area contributed by atoms with Crippen LogP contribution in [0.2, 0.25) is 0 Å². The van der Waals surface area contributed by atoms with Gasteiger partial charge >= 0.3 is 11.9 Å². The number of hydrogen-bond acceptors (Lipinski definition) is 7. The maximum atomic E-state index is 14.0. The Bertz CT molecular complexity index is 989. The topological polar surface area (TPSA) is 143 Å². The number of thiophene rings is 1. The molecule has 0 aliphatic rings. The second-order valence-corrected chi connectivity index (χ2v) is 8.58. The molecule has 0 atom stereocenters. The molecule has 0 bridgehead atoms. The van der Waals surface area contributed by atoms with Crippen molar-refractivity contribution in [2.45, 2.75) is 46.0 Å². The zero-order valence-electron chi connectivity index (χ0n) is 19.7. The minimum Gasteiger partial charge on any atom is -0.481 e. The summed E-state index contributed by atoms with van der Waals surface area (Å²) in [6, 6.07) is 7.24. The summed E-state index contributed by atoms with van der Waals surface area (Å²) in [5.41, 5.74) is 4.18. The summed E-state index contributed by atoms with van der Waals surface area (Å²) >= 11 is 1.19. The molecule has 1 amide bonds. The number of nitrogens with one attached hydrogen (secondary N) is 2. The van der Waals surface area contributed by atoms with E-state index in [2.05, 4.69) is 11.1 Å². The normalized spacial score (nSPS) is 10.6. The molecule has 0 saturated carbocycles. The van der Waals surface area contributed by atoms with Gasteiger partial charge in [0.25, 0.3) is 0 Å². The second-order valence-electron chi connectivity index (χ2n) is 7.41. The number of carboxylic acids is 1. The van der Waals surface area contributed by atoms with Crippen molar-refractivity contribution in [2.75, 3.05) is 13.6 Å². The number of halogens is 1. The van der Waals surface area contributed by atoms with Crippen LogP contribution in [0, 0.1) is 16.6 Å². The first kappa shape index (κ1) is 28.9. The lowest BCUT2D eigenvalue weighted by molar-refractivity contribution is -0.137. The summed E-state index contributed by atoms with van der Waals surface area (Å²) in [6.45, 7) is 4.13. The van der Waals surface area contributed by atoms with Gasteiger partial charge in [-0.2, -0.15) is 0 Å². The zero-order chi connectivity index (χ0) is 25.7. The van der Waals surface area contributed by atoms with Crippen LogP contribution in [-0.4, -0.2) is 42.8 Å². The molecule has 186 valence electrons. The molecule has 0 fully saturated rings. The fraction of sp³-hybridized carbons (Fsp3) is 0.417. The molecule has 0 radical (unpaired) electrons. The fourth-order valence-corrected chi connectivity index (χ4v) is 4.31. The summed E-state index contributed by atoms with van der Waals surface area (Å²) < 4.78 is 19.2. The average molecular weight is 494 g/mol. The third kappa shape index (κ3) is 8.03. The van der Waals surface area contributed by atoms with Crippen LogP contribution in [0.25, 0.3) is 0 Å². The molecule has 1 aromatic heterocycles. The summed E-state index contributed by atoms with van der Waals surface area (Å²) in [5.74, 6) is -2.68. The second kappa shape index (κ2) is 14.2. The van der Waals surface area contributed by atoms with Crippen LogP contribution in [-0.2, 0) is 16.0 Å². The standard InChI is InChI=1S/C23H27FN2O5S.CH5N/c1-3-23(4-2,22(30)26-11-5-6-20(27)28)13-16-8-10-19(32-16)21(29)31-18-9-7-15(14-25)12-17(18)24;1-2/h7-10,12,14,25H,3-6,11,13H2,1-2H3,(H,26,30)(H,27,28);2H2,1H3. The minimum atomic E-state index is -0.903. The van der Waals surface area contributed by atoms with Gasteiger partial charge in [-0.25, -0.2) is 9.18 Å². The van der Waals surface area contributed by atoms with E-state index in [9.17, 15) is 18.8 Å². The van der Waals surface area contributed by atoms with Crippen molar-refractivity contribution in [3.63, 3.8) is 0 Å². The number of benzene rings is 1. The van der Waals surface area contributed by atoms with Crippen molar-refractivity contribution in [3.8, 4) is 5.75 Å². The smallest absolute Gasteiger partial charge is 0.353 e. The Kier molecular flexibility index (Phi) is 12.1. The predicted molar refractivity (Wildman–Crippen MR) is 130 cm³/mol. The van der Waals surface area contributed by atoms with E-state index >= 15 is 0 Å². The highest BCUT2D eigenvalue weighted by molar-refractivity contribution is 7.14. The number of carboxylic acid groups (broad SMARTS) is 1. The summed E-state index contributed by atoms with van der Waals surface area (Å²) in [7, 11) is 1.50. The predicted octanol–water partition coefficient (Wildman–Crippen LogP) is 4.01. The average Bonchev–Trinajstić information content (AvgIpc) is 3.31. The Labute approximate surface area is 202 Å².